The van der Waals surface area contributed by atoms with Crippen LogP contribution in [0.3, 0.4) is 0 Å². The highest BCUT2D eigenvalue weighted by Gasteiger charge is 2.10. The summed E-state index contributed by atoms with van der Waals surface area (Å²) in [5, 5.41) is 2.82. The Labute approximate surface area is 67.1 Å². The number of likely N-dealkylation sites (N-methyl/N-ethyl adjacent to an activating group) is 1. The van der Waals surface area contributed by atoms with Crippen molar-refractivity contribution in [3.05, 3.63) is 0 Å². The molecule has 0 aliphatic carbocycles. The fourth-order valence-electron chi connectivity index (χ4n) is 0.0589. The summed E-state index contributed by atoms with van der Waals surface area (Å²) in [6.45, 7) is 3.64. The van der Waals surface area contributed by atoms with Crippen LogP contribution in [0.2, 0.25) is 0 Å². The summed E-state index contributed by atoms with van der Waals surface area (Å²) in [5.41, 5.74) is -0.347. The van der Waals surface area contributed by atoms with Gasteiger partial charge in [0, 0.05) is 0 Å². The Morgan fingerprint density at radius 1 is 1.50 bits per heavy atom. The molecule has 0 aliphatic heterocycles. The first-order valence-corrected chi connectivity index (χ1v) is 2.27. The molecule has 0 radical (unpaired) electrons. The molecule has 0 aromatic rings. The van der Waals surface area contributed by atoms with Crippen LogP contribution in [-0.2, 0) is 4.79 Å². The highest BCUT2D eigenvalue weighted by atomic mass is 127. The van der Waals surface area contributed by atoms with Crippen LogP contribution in [-0.4, -0.2) is 18.9 Å². The number of aldehydes is 1. The largest absolute Gasteiger partial charge is 0.309 e. The van der Waals surface area contributed by atoms with Crippen LogP contribution in [0.4, 0.5) is 0 Å². The van der Waals surface area contributed by atoms with Gasteiger partial charge in [-0.25, -0.2) is 0 Å². The Morgan fingerprint density at radius 2 is 1.88 bits per heavy atom. The predicted octanol–water partition coefficient (Wildman–Crippen LogP) is 0.801. The molecule has 0 rings (SSSR count). The Balaban J connectivity index is 0. The van der Waals surface area contributed by atoms with Gasteiger partial charge in [0.1, 0.15) is 6.29 Å². The fraction of sp³-hybridized carbons (Fsp3) is 0.800. The van der Waals surface area contributed by atoms with E-state index < -0.39 is 0 Å². The topological polar surface area (TPSA) is 29.1 Å². The molecule has 0 heterocycles. The van der Waals surface area contributed by atoms with Crippen molar-refractivity contribution < 1.29 is 4.79 Å². The van der Waals surface area contributed by atoms with Gasteiger partial charge in [0.25, 0.3) is 0 Å². The highest BCUT2D eigenvalue weighted by Crippen LogP contribution is 1.91. The maximum absolute atomic E-state index is 10.00. The van der Waals surface area contributed by atoms with Gasteiger partial charge in [0.15, 0.2) is 0 Å². The van der Waals surface area contributed by atoms with E-state index in [1.54, 1.807) is 7.05 Å². The summed E-state index contributed by atoms with van der Waals surface area (Å²) < 4.78 is 0. The summed E-state index contributed by atoms with van der Waals surface area (Å²) >= 11 is 0. The molecular weight excluding hydrogens is 217 g/mol. The first-order valence-electron chi connectivity index (χ1n) is 2.27. The minimum absolute atomic E-state index is 0. The zero-order chi connectivity index (χ0) is 5.91. The van der Waals surface area contributed by atoms with E-state index in [2.05, 4.69) is 5.32 Å². The number of carbonyl (C=O) groups is 1. The second-order valence-electron chi connectivity index (χ2n) is 2.09. The lowest BCUT2D eigenvalue weighted by molar-refractivity contribution is -0.112. The molecule has 0 bridgehead atoms. The lowest BCUT2D eigenvalue weighted by atomic mass is 10.1. The van der Waals surface area contributed by atoms with Gasteiger partial charge in [-0.2, -0.15) is 0 Å². The molecule has 0 fully saturated rings. The SMILES string of the molecule is CNC(C)(C)C=O.I. The predicted molar refractivity (Wildman–Crippen MR) is 44.6 cm³/mol. The zero-order valence-corrected chi connectivity index (χ0v) is 7.72. The van der Waals surface area contributed by atoms with Crippen molar-refractivity contribution >= 4 is 30.3 Å². The van der Waals surface area contributed by atoms with E-state index >= 15 is 0 Å². The van der Waals surface area contributed by atoms with Gasteiger partial charge in [-0.05, 0) is 20.9 Å². The molecular formula is C5H12INO. The van der Waals surface area contributed by atoms with Gasteiger partial charge in [-0.3, -0.25) is 0 Å². The van der Waals surface area contributed by atoms with Crippen molar-refractivity contribution in [3.8, 4) is 0 Å². The van der Waals surface area contributed by atoms with E-state index in [1.165, 1.54) is 0 Å². The van der Waals surface area contributed by atoms with Crippen LogP contribution in [0.5, 0.6) is 0 Å². The van der Waals surface area contributed by atoms with Crippen molar-refractivity contribution in [1.29, 1.82) is 0 Å². The van der Waals surface area contributed by atoms with Crippen LogP contribution >= 0.6 is 24.0 Å². The van der Waals surface area contributed by atoms with Gasteiger partial charge in [0.2, 0.25) is 0 Å². The van der Waals surface area contributed by atoms with E-state index in [0.717, 1.165) is 6.29 Å². The summed E-state index contributed by atoms with van der Waals surface area (Å²) in [5.74, 6) is 0. The van der Waals surface area contributed by atoms with E-state index in [0.29, 0.717) is 0 Å². The third kappa shape index (κ3) is 4.52. The smallest absolute Gasteiger partial charge is 0.139 e. The van der Waals surface area contributed by atoms with E-state index in [9.17, 15) is 4.79 Å². The molecule has 0 amide bonds. The van der Waals surface area contributed by atoms with Gasteiger partial charge < -0.3 is 10.1 Å². The standard InChI is InChI=1S/C5H11NO.HI/c1-5(2,4-7)6-3;/h4,6H,1-3H3;1H. The quantitative estimate of drug-likeness (QED) is 0.560. The number of hydrogen-bond donors (Lipinski definition) is 1. The van der Waals surface area contributed by atoms with Crippen LogP contribution in [0.25, 0.3) is 0 Å². The third-order valence-electron chi connectivity index (χ3n) is 0.939. The Bertz CT molecular complexity index is 72.8. The molecule has 8 heavy (non-hydrogen) atoms. The van der Waals surface area contributed by atoms with Crippen molar-refractivity contribution in [2.45, 2.75) is 19.4 Å². The number of hydrogen-bond acceptors (Lipinski definition) is 2. The monoisotopic (exact) mass is 229 g/mol. The average molecular weight is 229 g/mol. The number of rotatable bonds is 2. The van der Waals surface area contributed by atoms with Crippen molar-refractivity contribution in [3.63, 3.8) is 0 Å². The molecule has 3 heteroatoms. The normalized spacial score (nSPS) is 9.88. The summed E-state index contributed by atoms with van der Waals surface area (Å²) in [7, 11) is 1.76. The number of nitrogens with one attached hydrogen (secondary N) is 1. The highest BCUT2D eigenvalue weighted by molar-refractivity contribution is 14.0. The molecule has 1 N–H and O–H groups in total. The van der Waals surface area contributed by atoms with E-state index in [-0.39, 0.29) is 29.5 Å². The van der Waals surface area contributed by atoms with Gasteiger partial charge in [-0.15, -0.1) is 24.0 Å². The first kappa shape index (κ1) is 11.2. The molecule has 50 valence electrons. The van der Waals surface area contributed by atoms with Crippen molar-refractivity contribution in [1.82, 2.24) is 5.32 Å². The lowest BCUT2D eigenvalue weighted by Gasteiger charge is -2.13. The molecule has 0 saturated heterocycles. The van der Waals surface area contributed by atoms with Crippen LogP contribution in [0.15, 0.2) is 0 Å². The molecule has 0 unspecified atom stereocenters. The summed E-state index contributed by atoms with van der Waals surface area (Å²) in [4.78, 5) is 10.00. The molecule has 0 saturated carbocycles. The Kier molecular flexibility index (Phi) is 5.96. The second-order valence-corrected chi connectivity index (χ2v) is 2.09. The molecule has 0 aromatic carbocycles. The first-order chi connectivity index (χ1) is 3.12. The van der Waals surface area contributed by atoms with Crippen LogP contribution in [0, 0.1) is 0 Å². The van der Waals surface area contributed by atoms with Gasteiger partial charge >= 0.3 is 0 Å². The average Bonchev–Trinajstić information content (AvgIpc) is 1.68. The molecule has 0 atom stereocenters. The summed E-state index contributed by atoms with van der Waals surface area (Å²) in [6.07, 6.45) is 0.882. The van der Waals surface area contributed by atoms with Gasteiger partial charge in [0.05, 0.1) is 5.54 Å². The molecule has 2 nitrogen and oxygen atoms in total. The minimum atomic E-state index is -0.347. The fourth-order valence-corrected chi connectivity index (χ4v) is 0.0589. The van der Waals surface area contributed by atoms with Crippen molar-refractivity contribution in [2.24, 2.45) is 0 Å². The molecule has 0 spiro atoms. The Morgan fingerprint density at radius 3 is 1.88 bits per heavy atom. The van der Waals surface area contributed by atoms with Crippen LogP contribution in [0.1, 0.15) is 13.8 Å². The Hall–Kier alpha value is 0.360. The zero-order valence-electron chi connectivity index (χ0n) is 5.39. The lowest BCUT2D eigenvalue weighted by Crippen LogP contribution is -2.37. The molecule has 0 aromatic heterocycles. The third-order valence-corrected chi connectivity index (χ3v) is 0.939. The van der Waals surface area contributed by atoms with Crippen LogP contribution < -0.4 is 5.32 Å². The maximum atomic E-state index is 10.00. The summed E-state index contributed by atoms with van der Waals surface area (Å²) in [6, 6.07) is 0. The second kappa shape index (κ2) is 4.26. The van der Waals surface area contributed by atoms with Crippen molar-refractivity contribution in [2.75, 3.05) is 7.05 Å². The van der Waals surface area contributed by atoms with E-state index in [4.69, 9.17) is 0 Å². The number of halogens is 1. The van der Waals surface area contributed by atoms with E-state index in [1.807, 2.05) is 13.8 Å². The number of carbonyl (C=O) groups excluding carboxylic acids is 1. The minimum Gasteiger partial charge on any atom is -0.309 e. The maximum Gasteiger partial charge on any atom is 0.139 e. The molecule has 0 aliphatic rings. The van der Waals surface area contributed by atoms with Gasteiger partial charge in [-0.1, -0.05) is 0 Å².